The molecule has 2 fully saturated rings. The predicted molar refractivity (Wildman–Crippen MR) is 166 cm³/mol. The second kappa shape index (κ2) is 16.4. The van der Waals surface area contributed by atoms with Gasteiger partial charge in [-0.1, -0.05) is 35.3 Å². The Morgan fingerprint density at radius 1 is 0.956 bits per heavy atom. The van der Waals surface area contributed by atoms with Crippen molar-refractivity contribution in [3.8, 4) is 0 Å². The number of hydrogen-bond acceptors (Lipinski definition) is 5. The van der Waals surface area contributed by atoms with Crippen LogP contribution in [0.1, 0.15) is 37.7 Å². The topological polar surface area (TPSA) is 98.2 Å². The van der Waals surface area contributed by atoms with E-state index in [2.05, 4.69) is 4.90 Å². The average molecular weight is 699 g/mol. The molecule has 4 rings (SSSR count). The third-order valence-corrected chi connectivity index (χ3v) is 10.0. The van der Waals surface area contributed by atoms with Crippen molar-refractivity contribution in [2.45, 2.75) is 44.7 Å². The van der Waals surface area contributed by atoms with Gasteiger partial charge < -0.3 is 14.9 Å². The van der Waals surface area contributed by atoms with Gasteiger partial charge in [-0.2, -0.15) is 13.2 Å². The number of piperidine rings is 2. The third kappa shape index (κ3) is 11.7. The third-order valence-electron chi connectivity index (χ3n) is 8.00. The van der Waals surface area contributed by atoms with Gasteiger partial charge in [-0.25, -0.2) is 21.9 Å². The van der Waals surface area contributed by atoms with Crippen molar-refractivity contribution < 1.29 is 40.7 Å². The predicted octanol–water partition coefficient (Wildman–Crippen LogP) is 6.12. The first kappa shape index (κ1) is 37.0. The van der Waals surface area contributed by atoms with Gasteiger partial charge in [0.25, 0.3) is 0 Å². The van der Waals surface area contributed by atoms with Crippen LogP contribution in [0.2, 0.25) is 10.0 Å². The first-order chi connectivity index (χ1) is 21.0. The number of nitrogens with zero attached hydrogens (tertiary/aromatic N) is 3. The molecule has 8 nitrogen and oxygen atoms in total. The van der Waals surface area contributed by atoms with Crippen molar-refractivity contribution in [2.75, 3.05) is 50.4 Å². The maximum atomic E-state index is 13.6. The standard InChI is InChI=1S/C28H36Cl2FN3O3S.C2HF3O2/c1-38(36,37)33-17-11-23(12-18-33)28(35)34(25-7-8-26(29)27(30)20-25)14-2-13-32-15-9-22(10-16-32)19-21-3-5-24(31)6-4-21;3-2(4,5)1(6)7/h3-8,20,22-23H,2,9-19H2,1H3;(H,6,7). The zero-order chi connectivity index (χ0) is 33.4. The summed E-state index contributed by atoms with van der Waals surface area (Å²) in [6, 6.07) is 12.1. The van der Waals surface area contributed by atoms with Crippen LogP contribution in [0.25, 0.3) is 0 Å². The molecule has 2 heterocycles. The van der Waals surface area contributed by atoms with E-state index < -0.39 is 22.2 Å². The average Bonchev–Trinajstić information content (AvgIpc) is 2.98. The van der Waals surface area contributed by atoms with Gasteiger partial charge in [0.1, 0.15) is 5.82 Å². The van der Waals surface area contributed by atoms with E-state index in [1.807, 2.05) is 18.2 Å². The molecule has 1 N–H and O–H groups in total. The maximum absolute atomic E-state index is 13.6. The molecule has 15 heteroatoms. The molecule has 0 atom stereocenters. The molecule has 0 unspecified atom stereocenters. The Labute approximate surface area is 270 Å². The number of halogens is 6. The minimum Gasteiger partial charge on any atom is -0.475 e. The lowest BCUT2D eigenvalue weighted by Crippen LogP contribution is -2.45. The van der Waals surface area contributed by atoms with Crippen LogP contribution in [-0.2, 0) is 26.0 Å². The van der Waals surface area contributed by atoms with E-state index in [1.165, 1.54) is 28.3 Å². The van der Waals surface area contributed by atoms with Crippen LogP contribution < -0.4 is 4.90 Å². The Kier molecular flexibility index (Phi) is 13.5. The molecular formula is C30H37Cl2F4N3O5S. The quantitative estimate of drug-likeness (QED) is 0.318. The van der Waals surface area contributed by atoms with Gasteiger partial charge in [-0.3, -0.25) is 4.79 Å². The van der Waals surface area contributed by atoms with E-state index in [-0.39, 0.29) is 17.6 Å². The van der Waals surface area contributed by atoms with Crippen LogP contribution in [0.3, 0.4) is 0 Å². The van der Waals surface area contributed by atoms with Crippen molar-refractivity contribution in [3.63, 3.8) is 0 Å². The number of carbonyl (C=O) groups is 2. The SMILES string of the molecule is CS(=O)(=O)N1CCC(C(=O)N(CCCN2CCC(Cc3ccc(F)cc3)CC2)c2ccc(Cl)c(Cl)c2)CC1.O=C(O)C(F)(F)F. The fourth-order valence-corrected chi connectivity index (χ4v) is 6.66. The highest BCUT2D eigenvalue weighted by Crippen LogP contribution is 2.30. The number of carboxylic acid groups (broad SMARTS) is 1. The second-order valence-corrected chi connectivity index (χ2v) is 14.1. The highest BCUT2D eigenvalue weighted by atomic mass is 35.5. The summed E-state index contributed by atoms with van der Waals surface area (Å²) < 4.78 is 70.1. The summed E-state index contributed by atoms with van der Waals surface area (Å²) in [4.78, 5) is 26.8. The van der Waals surface area contributed by atoms with Crippen LogP contribution in [0, 0.1) is 17.7 Å². The molecule has 0 bridgehead atoms. The van der Waals surface area contributed by atoms with Crippen LogP contribution in [0.4, 0.5) is 23.2 Å². The molecule has 250 valence electrons. The Balaban J connectivity index is 0.000000707. The van der Waals surface area contributed by atoms with Crippen molar-refractivity contribution in [1.82, 2.24) is 9.21 Å². The van der Waals surface area contributed by atoms with Crippen LogP contribution in [0.15, 0.2) is 42.5 Å². The fraction of sp³-hybridized carbons (Fsp3) is 0.533. The first-order valence-electron chi connectivity index (χ1n) is 14.5. The van der Waals surface area contributed by atoms with Crippen molar-refractivity contribution in [3.05, 3.63) is 63.9 Å². The lowest BCUT2D eigenvalue weighted by Gasteiger charge is -2.35. The summed E-state index contributed by atoms with van der Waals surface area (Å²) >= 11 is 12.4. The van der Waals surface area contributed by atoms with Crippen LogP contribution >= 0.6 is 23.2 Å². The Hall–Kier alpha value is -2.45. The number of hydrogen-bond donors (Lipinski definition) is 1. The van der Waals surface area contributed by atoms with Crippen LogP contribution in [0.5, 0.6) is 0 Å². The molecule has 2 saturated heterocycles. The van der Waals surface area contributed by atoms with Crippen molar-refractivity contribution in [2.24, 2.45) is 11.8 Å². The summed E-state index contributed by atoms with van der Waals surface area (Å²) in [6.07, 6.45) is 1.14. The molecule has 45 heavy (non-hydrogen) atoms. The highest BCUT2D eigenvalue weighted by molar-refractivity contribution is 7.88. The molecule has 2 aromatic carbocycles. The minimum absolute atomic E-state index is 0.00884. The second-order valence-electron chi connectivity index (χ2n) is 11.3. The van der Waals surface area contributed by atoms with E-state index in [0.717, 1.165) is 45.3 Å². The van der Waals surface area contributed by atoms with Gasteiger partial charge in [0.05, 0.1) is 16.3 Å². The molecule has 2 aliphatic heterocycles. The van der Waals surface area contributed by atoms with Gasteiger partial charge in [-0.15, -0.1) is 0 Å². The van der Waals surface area contributed by atoms with Gasteiger partial charge in [0, 0.05) is 31.2 Å². The van der Waals surface area contributed by atoms with E-state index in [1.54, 1.807) is 17.0 Å². The molecule has 1 amide bonds. The van der Waals surface area contributed by atoms with Gasteiger partial charge in [0.15, 0.2) is 0 Å². The molecule has 0 saturated carbocycles. The van der Waals surface area contributed by atoms with Gasteiger partial charge >= 0.3 is 12.1 Å². The van der Waals surface area contributed by atoms with E-state index in [4.69, 9.17) is 33.1 Å². The van der Waals surface area contributed by atoms with E-state index >= 15 is 0 Å². The number of alkyl halides is 3. The number of likely N-dealkylation sites (tertiary alicyclic amines) is 1. The normalized spacial score (nSPS) is 17.4. The van der Waals surface area contributed by atoms with Gasteiger partial charge in [0.2, 0.25) is 15.9 Å². The number of anilines is 1. The number of benzene rings is 2. The zero-order valence-corrected chi connectivity index (χ0v) is 27.1. The van der Waals surface area contributed by atoms with Crippen molar-refractivity contribution in [1.29, 1.82) is 0 Å². The highest BCUT2D eigenvalue weighted by Gasteiger charge is 2.38. The lowest BCUT2D eigenvalue weighted by atomic mass is 9.90. The molecule has 0 aliphatic carbocycles. The van der Waals surface area contributed by atoms with E-state index in [0.29, 0.717) is 54.1 Å². The Morgan fingerprint density at radius 3 is 2.04 bits per heavy atom. The summed E-state index contributed by atoms with van der Waals surface area (Å²) in [7, 11) is -3.25. The number of amides is 1. The fourth-order valence-electron chi connectivity index (χ4n) is 5.49. The number of sulfonamides is 1. The van der Waals surface area contributed by atoms with Crippen LogP contribution in [-0.4, -0.2) is 86.3 Å². The summed E-state index contributed by atoms with van der Waals surface area (Å²) in [5, 5.41) is 7.96. The molecule has 2 aliphatic rings. The molecule has 0 spiro atoms. The number of rotatable bonds is 9. The first-order valence-corrected chi connectivity index (χ1v) is 17.1. The minimum atomic E-state index is -5.08. The molecular weight excluding hydrogens is 661 g/mol. The van der Waals surface area contributed by atoms with Crippen molar-refractivity contribution >= 4 is 50.8 Å². The monoisotopic (exact) mass is 697 g/mol. The summed E-state index contributed by atoms with van der Waals surface area (Å²) in [6.45, 7) is 4.18. The Bertz CT molecular complexity index is 1400. The lowest BCUT2D eigenvalue weighted by molar-refractivity contribution is -0.192. The smallest absolute Gasteiger partial charge is 0.475 e. The maximum Gasteiger partial charge on any atom is 0.490 e. The molecule has 2 aromatic rings. The largest absolute Gasteiger partial charge is 0.490 e. The summed E-state index contributed by atoms with van der Waals surface area (Å²) in [5.74, 6) is -2.58. The molecule has 0 aromatic heterocycles. The van der Waals surface area contributed by atoms with Gasteiger partial charge in [-0.05, 0) is 100.0 Å². The van der Waals surface area contributed by atoms with E-state index in [9.17, 15) is 30.8 Å². The zero-order valence-electron chi connectivity index (χ0n) is 24.8. The number of carbonyl (C=O) groups excluding carboxylic acids is 1. The number of aliphatic carboxylic acids is 1. The summed E-state index contributed by atoms with van der Waals surface area (Å²) in [5.41, 5.74) is 1.90. The molecule has 0 radical (unpaired) electrons. The Morgan fingerprint density at radius 2 is 1.53 bits per heavy atom. The number of carboxylic acids is 1.